The maximum atomic E-state index is 10.9. The van der Waals surface area contributed by atoms with Crippen LogP contribution in [0.2, 0.25) is 0 Å². The van der Waals surface area contributed by atoms with Crippen LogP contribution in [-0.4, -0.2) is 22.6 Å². The summed E-state index contributed by atoms with van der Waals surface area (Å²) < 4.78 is 0. The number of aryl methyl sites for hydroxylation is 1. The highest BCUT2D eigenvalue weighted by atomic mass is 16.4. The highest BCUT2D eigenvalue weighted by Gasteiger charge is 2.15. The van der Waals surface area contributed by atoms with Crippen LogP contribution >= 0.6 is 0 Å². The quantitative estimate of drug-likeness (QED) is 0.775. The predicted molar refractivity (Wildman–Crippen MR) is 63.5 cm³/mol. The lowest BCUT2D eigenvalue weighted by molar-refractivity contribution is -0.141. The van der Waals surface area contributed by atoms with E-state index in [1.807, 2.05) is 26.0 Å². The molecule has 4 heteroatoms. The number of aromatic nitrogens is 1. The number of rotatable bonds is 6. The average Bonchev–Trinajstić information content (AvgIpc) is 2.24. The van der Waals surface area contributed by atoms with Crippen LogP contribution in [0.5, 0.6) is 0 Å². The minimum Gasteiger partial charge on any atom is -0.481 e. The molecule has 1 aromatic rings. The second-order valence-electron chi connectivity index (χ2n) is 3.89. The first-order valence-electron chi connectivity index (χ1n) is 5.52. The number of carboxylic acids is 1. The molecule has 0 aromatic carbocycles. The van der Waals surface area contributed by atoms with Crippen molar-refractivity contribution >= 4 is 11.7 Å². The van der Waals surface area contributed by atoms with Gasteiger partial charge in [-0.25, -0.2) is 0 Å². The molecule has 1 atom stereocenters. The molecule has 1 aromatic heterocycles. The molecule has 0 saturated heterocycles. The van der Waals surface area contributed by atoms with Crippen LogP contribution in [0.3, 0.4) is 0 Å². The van der Waals surface area contributed by atoms with E-state index in [9.17, 15) is 4.79 Å². The van der Waals surface area contributed by atoms with E-state index in [0.29, 0.717) is 13.0 Å². The maximum Gasteiger partial charge on any atom is 0.308 e. The summed E-state index contributed by atoms with van der Waals surface area (Å²) in [5.74, 6) is -1.06. The Balaban J connectivity index is 2.51. The molecule has 0 spiro atoms. The van der Waals surface area contributed by atoms with Crippen LogP contribution in [-0.2, 0) is 4.79 Å². The molecule has 0 aliphatic heterocycles. The van der Waals surface area contributed by atoms with Crippen LogP contribution in [0.25, 0.3) is 0 Å². The van der Waals surface area contributed by atoms with Gasteiger partial charge in [0, 0.05) is 24.1 Å². The van der Waals surface area contributed by atoms with Crippen molar-refractivity contribution in [3.8, 4) is 0 Å². The first-order valence-corrected chi connectivity index (χ1v) is 5.52. The molecule has 0 aliphatic carbocycles. The van der Waals surface area contributed by atoms with Crippen molar-refractivity contribution < 1.29 is 9.90 Å². The number of nitrogens with one attached hydrogen (secondary N) is 1. The molecule has 1 unspecified atom stereocenters. The lowest BCUT2D eigenvalue weighted by Gasteiger charge is -2.13. The van der Waals surface area contributed by atoms with Crippen LogP contribution in [0.15, 0.2) is 18.3 Å². The summed E-state index contributed by atoms with van der Waals surface area (Å²) in [6.45, 7) is 4.37. The zero-order valence-electron chi connectivity index (χ0n) is 9.73. The summed E-state index contributed by atoms with van der Waals surface area (Å²) in [5, 5.41) is 12.1. The molecule has 1 rings (SSSR count). The van der Waals surface area contributed by atoms with Crippen LogP contribution in [0.4, 0.5) is 5.69 Å². The third-order valence-electron chi connectivity index (χ3n) is 2.44. The molecule has 4 nitrogen and oxygen atoms in total. The van der Waals surface area contributed by atoms with Crippen molar-refractivity contribution in [3.63, 3.8) is 0 Å². The van der Waals surface area contributed by atoms with Gasteiger partial charge in [-0.3, -0.25) is 9.78 Å². The Labute approximate surface area is 95.7 Å². The summed E-state index contributed by atoms with van der Waals surface area (Å²) in [6.07, 6.45) is 3.30. The smallest absolute Gasteiger partial charge is 0.308 e. The van der Waals surface area contributed by atoms with Gasteiger partial charge >= 0.3 is 5.97 Å². The van der Waals surface area contributed by atoms with Crippen molar-refractivity contribution in [1.82, 2.24) is 4.98 Å². The number of hydrogen-bond donors (Lipinski definition) is 2. The van der Waals surface area contributed by atoms with Crippen molar-refractivity contribution in [3.05, 3.63) is 24.0 Å². The fourth-order valence-corrected chi connectivity index (χ4v) is 1.56. The third kappa shape index (κ3) is 3.88. The molecule has 1 heterocycles. The monoisotopic (exact) mass is 222 g/mol. The SMILES string of the molecule is CCCC(CNc1ccnc(C)c1)C(=O)O. The summed E-state index contributed by atoms with van der Waals surface area (Å²) >= 11 is 0. The number of pyridine rings is 1. The van der Waals surface area contributed by atoms with Gasteiger partial charge < -0.3 is 10.4 Å². The normalized spacial score (nSPS) is 12.1. The van der Waals surface area contributed by atoms with E-state index < -0.39 is 5.97 Å². The van der Waals surface area contributed by atoms with Crippen molar-refractivity contribution in [2.24, 2.45) is 5.92 Å². The first-order chi connectivity index (χ1) is 7.63. The zero-order chi connectivity index (χ0) is 12.0. The highest BCUT2D eigenvalue weighted by Crippen LogP contribution is 2.11. The fraction of sp³-hybridized carbons (Fsp3) is 0.500. The fourth-order valence-electron chi connectivity index (χ4n) is 1.56. The second kappa shape index (κ2) is 6.10. The Morgan fingerprint density at radius 1 is 1.62 bits per heavy atom. The van der Waals surface area contributed by atoms with Gasteiger partial charge in [0.25, 0.3) is 0 Å². The Bertz CT molecular complexity index is 353. The third-order valence-corrected chi connectivity index (χ3v) is 2.44. The molecule has 0 amide bonds. The minimum absolute atomic E-state index is 0.321. The molecule has 16 heavy (non-hydrogen) atoms. The van der Waals surface area contributed by atoms with E-state index >= 15 is 0 Å². The van der Waals surface area contributed by atoms with Crippen molar-refractivity contribution in [1.29, 1.82) is 0 Å². The Hall–Kier alpha value is -1.58. The number of anilines is 1. The molecule has 2 N–H and O–H groups in total. The van der Waals surface area contributed by atoms with Gasteiger partial charge in [0.15, 0.2) is 0 Å². The molecule has 0 saturated carbocycles. The number of carbonyl (C=O) groups is 1. The van der Waals surface area contributed by atoms with Crippen LogP contribution in [0.1, 0.15) is 25.5 Å². The largest absolute Gasteiger partial charge is 0.481 e. The minimum atomic E-state index is -0.736. The van der Waals surface area contributed by atoms with Gasteiger partial charge in [-0.15, -0.1) is 0 Å². The van der Waals surface area contributed by atoms with Gasteiger partial charge in [-0.05, 0) is 25.5 Å². The lowest BCUT2D eigenvalue weighted by atomic mass is 10.0. The molecule has 0 bridgehead atoms. The van der Waals surface area contributed by atoms with Crippen molar-refractivity contribution in [2.75, 3.05) is 11.9 Å². The van der Waals surface area contributed by atoms with Gasteiger partial charge in [0.05, 0.1) is 5.92 Å². The van der Waals surface area contributed by atoms with Gasteiger partial charge in [0.1, 0.15) is 0 Å². The van der Waals surface area contributed by atoms with Gasteiger partial charge in [-0.1, -0.05) is 13.3 Å². The molecule has 0 fully saturated rings. The number of aliphatic carboxylic acids is 1. The number of nitrogens with zero attached hydrogens (tertiary/aromatic N) is 1. The molecule has 88 valence electrons. The van der Waals surface area contributed by atoms with E-state index in [-0.39, 0.29) is 5.92 Å². The Morgan fingerprint density at radius 3 is 2.94 bits per heavy atom. The average molecular weight is 222 g/mol. The summed E-state index contributed by atoms with van der Waals surface area (Å²) in [7, 11) is 0. The summed E-state index contributed by atoms with van der Waals surface area (Å²) in [6, 6.07) is 3.75. The first kappa shape index (κ1) is 12.5. The van der Waals surface area contributed by atoms with E-state index in [1.165, 1.54) is 0 Å². The molecule has 0 radical (unpaired) electrons. The van der Waals surface area contributed by atoms with E-state index in [2.05, 4.69) is 10.3 Å². The topological polar surface area (TPSA) is 62.2 Å². The Morgan fingerprint density at radius 2 is 2.38 bits per heavy atom. The van der Waals surface area contributed by atoms with E-state index in [4.69, 9.17) is 5.11 Å². The predicted octanol–water partition coefficient (Wildman–Crippen LogP) is 2.30. The summed E-state index contributed by atoms with van der Waals surface area (Å²) in [4.78, 5) is 15.0. The standard InChI is InChI=1S/C12H18N2O2/c1-3-4-10(12(15)16)8-14-11-5-6-13-9(2)7-11/h5-7,10H,3-4,8H2,1-2H3,(H,13,14)(H,15,16). The van der Waals surface area contributed by atoms with Crippen LogP contribution in [0, 0.1) is 12.8 Å². The van der Waals surface area contributed by atoms with Gasteiger partial charge in [-0.2, -0.15) is 0 Å². The van der Waals surface area contributed by atoms with Crippen molar-refractivity contribution in [2.45, 2.75) is 26.7 Å². The van der Waals surface area contributed by atoms with E-state index in [0.717, 1.165) is 17.8 Å². The van der Waals surface area contributed by atoms with Crippen LogP contribution < -0.4 is 5.32 Å². The summed E-state index contributed by atoms with van der Waals surface area (Å²) in [5.41, 5.74) is 1.85. The highest BCUT2D eigenvalue weighted by molar-refractivity contribution is 5.70. The maximum absolute atomic E-state index is 10.9. The Kier molecular flexibility index (Phi) is 4.76. The second-order valence-corrected chi connectivity index (χ2v) is 3.89. The molecular formula is C12H18N2O2. The molecular weight excluding hydrogens is 204 g/mol. The zero-order valence-corrected chi connectivity index (χ0v) is 9.73. The van der Waals surface area contributed by atoms with E-state index in [1.54, 1.807) is 6.20 Å². The number of carboxylic acid groups (broad SMARTS) is 1. The lowest BCUT2D eigenvalue weighted by Crippen LogP contribution is -2.22. The van der Waals surface area contributed by atoms with Gasteiger partial charge in [0.2, 0.25) is 0 Å². The number of hydrogen-bond acceptors (Lipinski definition) is 3. The molecule has 0 aliphatic rings.